The summed E-state index contributed by atoms with van der Waals surface area (Å²) in [5.41, 5.74) is 1.55. The zero-order valence-electron chi connectivity index (χ0n) is 17.2. The number of nitrogens with one attached hydrogen (secondary N) is 1. The van der Waals surface area contributed by atoms with E-state index in [-0.39, 0.29) is 18.0 Å². The Hall–Kier alpha value is -2.72. The van der Waals surface area contributed by atoms with E-state index in [2.05, 4.69) is 5.32 Å². The first-order valence-electron chi connectivity index (χ1n) is 9.66. The molecule has 3 heterocycles. The first-order valence-corrected chi connectivity index (χ1v) is 10.6. The number of amides is 1. The Morgan fingerprint density at radius 3 is 2.73 bits per heavy atom. The second-order valence-corrected chi connectivity index (χ2v) is 7.97. The molecule has 1 N–H and O–H groups in total. The van der Waals surface area contributed by atoms with Gasteiger partial charge in [-0.05, 0) is 12.5 Å². The van der Waals surface area contributed by atoms with Crippen LogP contribution in [0.4, 0.5) is 0 Å². The lowest BCUT2D eigenvalue weighted by molar-refractivity contribution is -0.121. The number of fused-ring (bicyclic) bond motifs is 4. The monoisotopic (exact) mass is 432 g/mol. The number of carbonyl (C=O) groups is 1. The van der Waals surface area contributed by atoms with Crippen molar-refractivity contribution < 1.29 is 19.0 Å². The second kappa shape index (κ2) is 8.57. The fraction of sp³-hybridized carbons (Fsp3) is 0.450. The third-order valence-electron chi connectivity index (χ3n) is 5.12. The number of thioether (sulfide) groups is 1. The molecule has 3 aromatic rings. The van der Waals surface area contributed by atoms with Gasteiger partial charge in [-0.1, -0.05) is 11.8 Å². The number of ether oxygens (including phenoxy) is 3. The van der Waals surface area contributed by atoms with Crippen molar-refractivity contribution in [2.45, 2.75) is 24.7 Å². The van der Waals surface area contributed by atoms with Crippen LogP contribution in [-0.2, 0) is 22.6 Å². The van der Waals surface area contributed by atoms with E-state index in [0.717, 1.165) is 17.6 Å². The van der Waals surface area contributed by atoms with E-state index in [4.69, 9.17) is 19.2 Å². The Labute approximate surface area is 177 Å². The van der Waals surface area contributed by atoms with Crippen molar-refractivity contribution >= 4 is 39.6 Å². The summed E-state index contributed by atoms with van der Waals surface area (Å²) < 4.78 is 19.3. The summed E-state index contributed by atoms with van der Waals surface area (Å²) in [7, 11) is 4.74. The Balaban J connectivity index is 1.87. The molecule has 0 spiro atoms. The van der Waals surface area contributed by atoms with Crippen molar-refractivity contribution in [2.75, 3.05) is 40.2 Å². The highest BCUT2D eigenvalue weighted by Gasteiger charge is 2.24. The van der Waals surface area contributed by atoms with Gasteiger partial charge in [-0.25, -0.2) is 4.98 Å². The molecule has 2 aromatic heterocycles. The molecule has 0 aliphatic carbocycles. The zero-order chi connectivity index (χ0) is 21.3. The molecule has 1 aliphatic heterocycles. The Bertz CT molecular complexity index is 1170. The number of methoxy groups -OCH3 is 3. The van der Waals surface area contributed by atoms with Crippen LogP contribution in [0.2, 0.25) is 0 Å². The summed E-state index contributed by atoms with van der Waals surface area (Å²) in [6, 6.07) is 3.60. The molecule has 9 nitrogen and oxygen atoms in total. The van der Waals surface area contributed by atoms with Gasteiger partial charge in [-0.3, -0.25) is 14.2 Å². The molecular weight excluding hydrogens is 408 g/mol. The number of rotatable bonds is 8. The Morgan fingerprint density at radius 1 is 1.23 bits per heavy atom. The van der Waals surface area contributed by atoms with E-state index in [1.165, 1.54) is 0 Å². The number of nitrogens with zero attached hydrogens (tertiary/aromatic N) is 3. The normalized spacial score (nSPS) is 13.0. The smallest absolute Gasteiger partial charge is 0.278 e. The van der Waals surface area contributed by atoms with Crippen LogP contribution in [0.25, 0.3) is 21.9 Å². The average Bonchev–Trinajstić information content (AvgIpc) is 3.34. The zero-order valence-corrected chi connectivity index (χ0v) is 18.0. The standard InChI is InChI=1S/C20H24N4O5S/c1-27-7-4-5-21-16(25)11-24-13-10-15(29-3)14(28-2)9-12(13)17-18(24)19(26)23-6-8-30-20(23)22-17/h9-10H,4-8,11H2,1-3H3,(H,21,25). The van der Waals surface area contributed by atoms with Crippen molar-refractivity contribution in [1.29, 1.82) is 0 Å². The minimum atomic E-state index is -0.182. The van der Waals surface area contributed by atoms with Gasteiger partial charge in [0.2, 0.25) is 5.91 Å². The second-order valence-electron chi connectivity index (χ2n) is 6.90. The lowest BCUT2D eigenvalue weighted by atomic mass is 10.2. The SMILES string of the molecule is COCCCNC(=O)Cn1c2cc(OC)c(OC)cc2c2nc3n(c(=O)c21)CCS3. The van der Waals surface area contributed by atoms with Crippen molar-refractivity contribution in [2.24, 2.45) is 0 Å². The first kappa shape index (κ1) is 20.5. The molecule has 0 atom stereocenters. The summed E-state index contributed by atoms with van der Waals surface area (Å²) >= 11 is 1.56. The largest absolute Gasteiger partial charge is 0.493 e. The summed E-state index contributed by atoms with van der Waals surface area (Å²) in [5, 5.41) is 4.33. The molecule has 0 radical (unpaired) electrons. The van der Waals surface area contributed by atoms with E-state index in [0.29, 0.717) is 52.9 Å². The molecule has 0 saturated carbocycles. The molecule has 1 aliphatic rings. The van der Waals surface area contributed by atoms with Crippen molar-refractivity contribution in [3.8, 4) is 11.5 Å². The van der Waals surface area contributed by atoms with Crippen molar-refractivity contribution in [3.05, 3.63) is 22.5 Å². The number of hydrogen-bond donors (Lipinski definition) is 1. The molecule has 0 bridgehead atoms. The first-order chi connectivity index (χ1) is 14.6. The summed E-state index contributed by atoms with van der Waals surface area (Å²) in [5.74, 6) is 1.70. The van der Waals surface area contributed by atoms with Crippen LogP contribution < -0.4 is 20.3 Å². The lowest BCUT2D eigenvalue weighted by Gasteiger charge is -2.11. The van der Waals surface area contributed by atoms with E-state index < -0.39 is 0 Å². The predicted octanol–water partition coefficient (Wildman–Crippen LogP) is 1.63. The molecule has 10 heteroatoms. The van der Waals surface area contributed by atoms with E-state index in [9.17, 15) is 9.59 Å². The topological polar surface area (TPSA) is 96.6 Å². The van der Waals surface area contributed by atoms with Gasteiger partial charge >= 0.3 is 0 Å². The third-order valence-corrected chi connectivity index (χ3v) is 6.08. The van der Waals surface area contributed by atoms with Gasteiger partial charge in [0, 0.05) is 44.0 Å². The molecule has 4 rings (SSSR count). The quantitative estimate of drug-likeness (QED) is 0.427. The van der Waals surface area contributed by atoms with Gasteiger partial charge in [-0.2, -0.15) is 0 Å². The van der Waals surface area contributed by atoms with Gasteiger partial charge in [0.25, 0.3) is 5.56 Å². The molecule has 160 valence electrons. The van der Waals surface area contributed by atoms with Crippen molar-refractivity contribution in [3.63, 3.8) is 0 Å². The number of carbonyl (C=O) groups excluding carboxylic acids is 1. The average molecular weight is 433 g/mol. The molecule has 30 heavy (non-hydrogen) atoms. The van der Waals surface area contributed by atoms with Crippen LogP contribution in [0, 0.1) is 0 Å². The Kier molecular flexibility index (Phi) is 5.87. The highest BCUT2D eigenvalue weighted by Crippen LogP contribution is 2.37. The van der Waals surface area contributed by atoms with Crippen LogP contribution >= 0.6 is 11.8 Å². The maximum atomic E-state index is 13.3. The molecule has 0 fully saturated rings. The molecular formula is C20H24N4O5S. The molecule has 1 aromatic carbocycles. The minimum absolute atomic E-state index is 0.00583. The highest BCUT2D eigenvalue weighted by atomic mass is 32.2. The number of benzene rings is 1. The van der Waals surface area contributed by atoms with Gasteiger partial charge in [0.15, 0.2) is 16.7 Å². The van der Waals surface area contributed by atoms with Gasteiger partial charge < -0.3 is 24.1 Å². The van der Waals surface area contributed by atoms with Crippen LogP contribution in [0.1, 0.15) is 6.42 Å². The van der Waals surface area contributed by atoms with Crippen LogP contribution in [-0.4, -0.2) is 60.3 Å². The van der Waals surface area contributed by atoms with Gasteiger partial charge in [0.05, 0.1) is 19.7 Å². The van der Waals surface area contributed by atoms with Gasteiger partial charge in [0.1, 0.15) is 17.6 Å². The Morgan fingerprint density at radius 2 is 2.00 bits per heavy atom. The van der Waals surface area contributed by atoms with Crippen LogP contribution in [0.5, 0.6) is 11.5 Å². The lowest BCUT2D eigenvalue weighted by Crippen LogP contribution is -2.30. The van der Waals surface area contributed by atoms with Crippen LogP contribution in [0.15, 0.2) is 22.1 Å². The molecule has 0 unspecified atom stereocenters. The summed E-state index contributed by atoms with van der Waals surface area (Å²) in [4.78, 5) is 30.7. The highest BCUT2D eigenvalue weighted by molar-refractivity contribution is 7.99. The molecule has 0 saturated heterocycles. The van der Waals surface area contributed by atoms with Crippen molar-refractivity contribution in [1.82, 2.24) is 19.4 Å². The number of aromatic nitrogens is 3. The van der Waals surface area contributed by atoms with Gasteiger partial charge in [-0.15, -0.1) is 0 Å². The predicted molar refractivity (Wildman–Crippen MR) is 115 cm³/mol. The summed E-state index contributed by atoms with van der Waals surface area (Å²) in [6.45, 7) is 1.69. The molecule has 1 amide bonds. The van der Waals surface area contributed by atoms with Crippen LogP contribution in [0.3, 0.4) is 0 Å². The maximum absolute atomic E-state index is 13.3. The minimum Gasteiger partial charge on any atom is -0.493 e. The van der Waals surface area contributed by atoms with E-state index in [1.807, 2.05) is 6.07 Å². The van der Waals surface area contributed by atoms with E-state index in [1.54, 1.807) is 48.3 Å². The number of hydrogen-bond acceptors (Lipinski definition) is 7. The fourth-order valence-corrected chi connectivity index (χ4v) is 4.64. The van der Waals surface area contributed by atoms with E-state index >= 15 is 0 Å². The summed E-state index contributed by atoms with van der Waals surface area (Å²) in [6.07, 6.45) is 0.718. The fourth-order valence-electron chi connectivity index (χ4n) is 3.70. The maximum Gasteiger partial charge on any atom is 0.278 e. The third kappa shape index (κ3) is 3.50.